The fourth-order valence-electron chi connectivity index (χ4n) is 3.95. The van der Waals surface area contributed by atoms with E-state index < -0.39 is 30.1 Å². The second-order valence-corrected chi connectivity index (χ2v) is 7.62. The van der Waals surface area contributed by atoms with Crippen LogP contribution in [0.5, 0.6) is 0 Å². The molecule has 0 unspecified atom stereocenters. The lowest BCUT2D eigenvalue weighted by atomic mass is 9.98. The van der Waals surface area contributed by atoms with Crippen LogP contribution in [-0.2, 0) is 14.3 Å². The number of ether oxygens (including phenoxy) is 1. The fraction of sp³-hybridized carbons (Fsp3) is 0.375. The summed E-state index contributed by atoms with van der Waals surface area (Å²) in [6.07, 6.45) is 0.585. The lowest BCUT2D eigenvalue weighted by Gasteiger charge is -2.21. The summed E-state index contributed by atoms with van der Waals surface area (Å²) in [6, 6.07) is 14.2. The highest BCUT2D eigenvalue weighted by Gasteiger charge is 2.30. The molecule has 0 heterocycles. The molecule has 2 aromatic carbocycles. The molecule has 0 saturated heterocycles. The number of hydrogen-bond donors (Lipinski definition) is 3. The number of carboxylic acids is 1. The van der Waals surface area contributed by atoms with Crippen molar-refractivity contribution in [2.24, 2.45) is 0 Å². The van der Waals surface area contributed by atoms with Crippen molar-refractivity contribution in [3.63, 3.8) is 0 Å². The zero-order valence-electron chi connectivity index (χ0n) is 17.8. The van der Waals surface area contributed by atoms with Crippen molar-refractivity contribution in [1.82, 2.24) is 10.6 Å². The first-order chi connectivity index (χ1) is 15.0. The summed E-state index contributed by atoms with van der Waals surface area (Å²) in [5.41, 5.74) is 4.47. The number of carboxylic acid groups (broad SMARTS) is 1. The van der Waals surface area contributed by atoms with Gasteiger partial charge in [-0.25, -0.2) is 9.59 Å². The van der Waals surface area contributed by atoms with Crippen LogP contribution in [0.2, 0.25) is 0 Å². The van der Waals surface area contributed by atoms with Gasteiger partial charge in [0.1, 0.15) is 18.7 Å². The molecule has 0 aromatic heterocycles. The van der Waals surface area contributed by atoms with Crippen LogP contribution in [-0.4, -0.2) is 41.8 Å². The van der Waals surface area contributed by atoms with Gasteiger partial charge in [-0.2, -0.15) is 0 Å². The highest BCUT2D eigenvalue weighted by molar-refractivity contribution is 5.89. The van der Waals surface area contributed by atoms with Gasteiger partial charge in [-0.05, 0) is 35.1 Å². The summed E-state index contributed by atoms with van der Waals surface area (Å²) in [4.78, 5) is 36.2. The number of carbonyl (C=O) groups excluding carboxylic acids is 2. The maximum atomic E-state index is 12.5. The first kappa shape index (κ1) is 22.3. The predicted molar refractivity (Wildman–Crippen MR) is 117 cm³/mol. The minimum Gasteiger partial charge on any atom is -0.480 e. The summed E-state index contributed by atoms with van der Waals surface area (Å²) in [5, 5.41) is 14.2. The van der Waals surface area contributed by atoms with Crippen LogP contribution in [0.1, 0.15) is 50.2 Å². The Balaban J connectivity index is 1.64. The smallest absolute Gasteiger partial charge is 0.407 e. The van der Waals surface area contributed by atoms with Gasteiger partial charge in [-0.15, -0.1) is 0 Å². The normalized spacial score (nSPS) is 14.1. The Morgan fingerprint density at radius 2 is 1.52 bits per heavy atom. The van der Waals surface area contributed by atoms with Gasteiger partial charge in [-0.1, -0.05) is 68.8 Å². The van der Waals surface area contributed by atoms with E-state index in [0.717, 1.165) is 22.3 Å². The third kappa shape index (κ3) is 5.05. The molecule has 7 nitrogen and oxygen atoms in total. The van der Waals surface area contributed by atoms with Crippen molar-refractivity contribution >= 4 is 18.0 Å². The van der Waals surface area contributed by atoms with Crippen LogP contribution >= 0.6 is 0 Å². The van der Waals surface area contributed by atoms with E-state index in [1.54, 1.807) is 6.92 Å². The number of carbonyl (C=O) groups is 3. The molecule has 1 aliphatic carbocycles. The Kier molecular flexibility index (Phi) is 7.28. The third-order valence-corrected chi connectivity index (χ3v) is 5.55. The van der Waals surface area contributed by atoms with Crippen molar-refractivity contribution in [3.05, 3.63) is 59.7 Å². The van der Waals surface area contributed by atoms with Gasteiger partial charge in [0.05, 0.1) is 0 Å². The zero-order chi connectivity index (χ0) is 22.4. The van der Waals surface area contributed by atoms with E-state index in [4.69, 9.17) is 9.84 Å². The Morgan fingerprint density at radius 3 is 2.03 bits per heavy atom. The summed E-state index contributed by atoms with van der Waals surface area (Å²) in [7, 11) is 0. The lowest BCUT2D eigenvalue weighted by Crippen LogP contribution is -2.51. The molecule has 0 radical (unpaired) electrons. The van der Waals surface area contributed by atoms with Crippen LogP contribution in [0.3, 0.4) is 0 Å². The van der Waals surface area contributed by atoms with E-state index in [0.29, 0.717) is 12.8 Å². The van der Waals surface area contributed by atoms with Crippen molar-refractivity contribution in [1.29, 1.82) is 0 Å². The number of fused-ring (bicyclic) bond motifs is 3. The van der Waals surface area contributed by atoms with Crippen LogP contribution in [0.4, 0.5) is 4.79 Å². The second kappa shape index (κ2) is 10.1. The molecular weight excluding hydrogens is 396 g/mol. The largest absolute Gasteiger partial charge is 0.480 e. The van der Waals surface area contributed by atoms with Gasteiger partial charge in [0, 0.05) is 5.92 Å². The number of nitrogens with one attached hydrogen (secondary N) is 2. The Hall–Kier alpha value is -3.35. The number of aliphatic carboxylic acids is 1. The maximum absolute atomic E-state index is 12.5. The SMILES string of the molecule is CCC[C@H](NC(=O)OCC1c2ccccc2-c2ccccc21)C(=O)N[C@H](CC)C(=O)O. The minimum atomic E-state index is -1.10. The molecule has 2 aromatic rings. The summed E-state index contributed by atoms with van der Waals surface area (Å²) in [5.74, 6) is -1.70. The molecule has 2 amide bonds. The number of amides is 2. The minimum absolute atomic E-state index is 0.0758. The van der Waals surface area contributed by atoms with E-state index in [-0.39, 0.29) is 18.9 Å². The molecule has 1 aliphatic rings. The third-order valence-electron chi connectivity index (χ3n) is 5.55. The van der Waals surface area contributed by atoms with Crippen LogP contribution in [0.25, 0.3) is 11.1 Å². The molecule has 0 saturated carbocycles. The molecule has 164 valence electrons. The van der Waals surface area contributed by atoms with Gasteiger partial charge < -0.3 is 20.5 Å². The maximum Gasteiger partial charge on any atom is 0.407 e. The number of benzene rings is 2. The molecule has 0 aliphatic heterocycles. The monoisotopic (exact) mass is 424 g/mol. The average molecular weight is 424 g/mol. The first-order valence-corrected chi connectivity index (χ1v) is 10.6. The summed E-state index contributed by atoms with van der Waals surface area (Å²) >= 11 is 0. The van der Waals surface area contributed by atoms with Crippen LogP contribution < -0.4 is 10.6 Å². The van der Waals surface area contributed by atoms with Crippen molar-refractivity contribution in [3.8, 4) is 11.1 Å². The Bertz CT molecular complexity index is 913. The highest BCUT2D eigenvalue weighted by Crippen LogP contribution is 2.44. The molecule has 0 spiro atoms. The zero-order valence-corrected chi connectivity index (χ0v) is 17.8. The number of rotatable bonds is 9. The molecule has 3 rings (SSSR count). The molecule has 7 heteroatoms. The summed E-state index contributed by atoms with van der Waals surface area (Å²) < 4.78 is 5.50. The average Bonchev–Trinajstić information content (AvgIpc) is 3.09. The van der Waals surface area contributed by atoms with Crippen molar-refractivity contribution < 1.29 is 24.2 Å². The molecule has 3 N–H and O–H groups in total. The highest BCUT2D eigenvalue weighted by atomic mass is 16.5. The predicted octanol–water partition coefficient (Wildman–Crippen LogP) is 3.67. The molecule has 2 atom stereocenters. The van der Waals surface area contributed by atoms with Crippen LogP contribution in [0, 0.1) is 0 Å². The molecule has 0 bridgehead atoms. The quantitative estimate of drug-likeness (QED) is 0.570. The van der Waals surface area contributed by atoms with Gasteiger partial charge in [0.25, 0.3) is 0 Å². The van der Waals surface area contributed by atoms with Gasteiger partial charge >= 0.3 is 12.1 Å². The van der Waals surface area contributed by atoms with Gasteiger partial charge in [-0.3, -0.25) is 4.79 Å². The van der Waals surface area contributed by atoms with E-state index in [9.17, 15) is 14.4 Å². The Morgan fingerprint density at radius 1 is 0.935 bits per heavy atom. The number of alkyl carbamates (subject to hydrolysis) is 1. The van der Waals surface area contributed by atoms with E-state index in [1.807, 2.05) is 43.3 Å². The number of hydrogen-bond acceptors (Lipinski definition) is 4. The Labute approximate surface area is 181 Å². The van der Waals surface area contributed by atoms with E-state index >= 15 is 0 Å². The van der Waals surface area contributed by atoms with Crippen molar-refractivity contribution in [2.75, 3.05) is 6.61 Å². The van der Waals surface area contributed by atoms with Crippen molar-refractivity contribution in [2.45, 2.75) is 51.1 Å². The second-order valence-electron chi connectivity index (χ2n) is 7.62. The molecule has 0 fully saturated rings. The van der Waals surface area contributed by atoms with E-state index in [1.165, 1.54) is 0 Å². The summed E-state index contributed by atoms with van der Waals surface area (Å²) in [6.45, 7) is 3.70. The molecule has 31 heavy (non-hydrogen) atoms. The standard InChI is InChI=1S/C24H28N2O5/c1-3-9-21(22(27)25-20(4-2)23(28)29)26-24(30)31-14-19-17-12-7-5-10-15(17)16-11-6-8-13-18(16)19/h5-8,10-13,19-21H,3-4,9,14H2,1-2H3,(H,25,27)(H,26,30)(H,28,29)/t20-,21+/m1/s1. The van der Waals surface area contributed by atoms with Gasteiger partial charge in [0.2, 0.25) is 5.91 Å². The topological polar surface area (TPSA) is 105 Å². The van der Waals surface area contributed by atoms with E-state index in [2.05, 4.69) is 22.8 Å². The fourth-order valence-corrected chi connectivity index (χ4v) is 3.95. The van der Waals surface area contributed by atoms with Gasteiger partial charge in [0.15, 0.2) is 0 Å². The first-order valence-electron chi connectivity index (χ1n) is 10.6. The van der Waals surface area contributed by atoms with Crippen LogP contribution in [0.15, 0.2) is 48.5 Å². The molecular formula is C24H28N2O5. The lowest BCUT2D eigenvalue weighted by molar-refractivity contribution is -0.142.